The minimum atomic E-state index is -0.845. The third-order valence-corrected chi connectivity index (χ3v) is 4.35. The van der Waals surface area contributed by atoms with Gasteiger partial charge in [0.2, 0.25) is 11.7 Å². The second kappa shape index (κ2) is 10.3. The molecule has 0 bridgehead atoms. The largest absolute Gasteiger partial charge is 0.495 e. The molecule has 0 aliphatic rings. The standard InChI is InChI=1S/C23H21FN2O6/c1-14-3-8-19(30-2)17(11-14)26-21(27)12-25-22(28)13-31-23(29)20-10-9-18(32-20)15-4-6-16(24)7-5-15/h3-11H,12-13H2,1-2H3,(H,25,28)(H,26,27). The van der Waals surface area contributed by atoms with Crippen molar-refractivity contribution in [1.82, 2.24) is 5.32 Å². The molecule has 0 fully saturated rings. The lowest BCUT2D eigenvalue weighted by molar-refractivity contribution is -0.126. The smallest absolute Gasteiger partial charge is 0.374 e. The first-order chi connectivity index (χ1) is 15.4. The van der Waals surface area contributed by atoms with Crippen molar-refractivity contribution < 1.29 is 32.7 Å². The lowest BCUT2D eigenvalue weighted by atomic mass is 10.2. The van der Waals surface area contributed by atoms with Crippen molar-refractivity contribution in [3.63, 3.8) is 0 Å². The molecule has 166 valence electrons. The number of benzene rings is 2. The van der Waals surface area contributed by atoms with E-state index in [2.05, 4.69) is 10.6 Å². The highest BCUT2D eigenvalue weighted by Gasteiger charge is 2.16. The van der Waals surface area contributed by atoms with Crippen LogP contribution in [0.15, 0.2) is 59.0 Å². The first kappa shape index (κ1) is 22.5. The number of carbonyl (C=O) groups is 3. The fraction of sp³-hybridized carbons (Fsp3) is 0.174. The molecule has 0 unspecified atom stereocenters. The van der Waals surface area contributed by atoms with Gasteiger partial charge in [-0.15, -0.1) is 0 Å². The monoisotopic (exact) mass is 440 g/mol. The molecule has 2 aromatic carbocycles. The maximum absolute atomic E-state index is 13.0. The number of methoxy groups -OCH3 is 1. The number of aryl methyl sites for hydroxylation is 1. The van der Waals surface area contributed by atoms with E-state index in [1.165, 1.54) is 43.5 Å². The van der Waals surface area contributed by atoms with Crippen molar-refractivity contribution in [3.05, 3.63) is 71.7 Å². The van der Waals surface area contributed by atoms with E-state index in [0.717, 1.165) is 5.56 Å². The Hall–Kier alpha value is -4.14. The number of anilines is 1. The van der Waals surface area contributed by atoms with Crippen LogP contribution in [0, 0.1) is 12.7 Å². The summed E-state index contributed by atoms with van der Waals surface area (Å²) in [6, 6.07) is 13.8. The van der Waals surface area contributed by atoms with Gasteiger partial charge in [-0.1, -0.05) is 6.07 Å². The van der Waals surface area contributed by atoms with Gasteiger partial charge in [0.15, 0.2) is 6.61 Å². The molecule has 0 saturated heterocycles. The van der Waals surface area contributed by atoms with Gasteiger partial charge in [-0.25, -0.2) is 9.18 Å². The van der Waals surface area contributed by atoms with Gasteiger partial charge in [-0.2, -0.15) is 0 Å². The molecule has 0 aliphatic heterocycles. The van der Waals surface area contributed by atoms with Crippen molar-refractivity contribution in [1.29, 1.82) is 0 Å². The first-order valence-corrected chi connectivity index (χ1v) is 9.60. The zero-order chi connectivity index (χ0) is 23.1. The van der Waals surface area contributed by atoms with Crippen molar-refractivity contribution >= 4 is 23.5 Å². The van der Waals surface area contributed by atoms with Crippen molar-refractivity contribution in [2.24, 2.45) is 0 Å². The molecule has 0 atom stereocenters. The Morgan fingerprint density at radius 1 is 1.00 bits per heavy atom. The number of nitrogens with one attached hydrogen (secondary N) is 2. The van der Waals surface area contributed by atoms with E-state index < -0.39 is 30.2 Å². The molecule has 2 N–H and O–H groups in total. The summed E-state index contributed by atoms with van der Waals surface area (Å²) in [6.07, 6.45) is 0. The fourth-order valence-electron chi connectivity index (χ4n) is 2.76. The van der Waals surface area contributed by atoms with Gasteiger partial charge in [-0.05, 0) is 61.0 Å². The second-order valence-electron chi connectivity index (χ2n) is 6.78. The number of ether oxygens (including phenoxy) is 2. The lowest BCUT2D eigenvalue weighted by Gasteiger charge is -2.11. The highest BCUT2D eigenvalue weighted by Crippen LogP contribution is 2.25. The summed E-state index contributed by atoms with van der Waals surface area (Å²) in [5.41, 5.74) is 1.99. The Morgan fingerprint density at radius 3 is 2.47 bits per heavy atom. The van der Waals surface area contributed by atoms with Crippen LogP contribution in [0.2, 0.25) is 0 Å². The first-order valence-electron chi connectivity index (χ1n) is 9.60. The van der Waals surface area contributed by atoms with E-state index in [-0.39, 0.29) is 12.3 Å². The minimum absolute atomic E-state index is 0.110. The quantitative estimate of drug-likeness (QED) is 0.521. The van der Waals surface area contributed by atoms with E-state index in [1.807, 2.05) is 13.0 Å². The lowest BCUT2D eigenvalue weighted by Crippen LogP contribution is -2.35. The van der Waals surface area contributed by atoms with Gasteiger partial charge < -0.3 is 24.5 Å². The minimum Gasteiger partial charge on any atom is -0.495 e. The van der Waals surface area contributed by atoms with Gasteiger partial charge in [0.25, 0.3) is 5.91 Å². The van der Waals surface area contributed by atoms with E-state index in [9.17, 15) is 18.8 Å². The normalized spacial score (nSPS) is 10.3. The van der Waals surface area contributed by atoms with Crippen LogP contribution >= 0.6 is 0 Å². The third kappa shape index (κ3) is 5.94. The maximum Gasteiger partial charge on any atom is 0.374 e. The van der Waals surface area contributed by atoms with Crippen LogP contribution in [0.5, 0.6) is 5.75 Å². The molecule has 0 aliphatic carbocycles. The van der Waals surface area contributed by atoms with Gasteiger partial charge in [0.05, 0.1) is 19.3 Å². The van der Waals surface area contributed by atoms with E-state index >= 15 is 0 Å². The summed E-state index contributed by atoms with van der Waals surface area (Å²) in [5, 5.41) is 5.01. The Labute approximate surface area is 183 Å². The molecule has 32 heavy (non-hydrogen) atoms. The van der Waals surface area contributed by atoms with Crippen LogP contribution in [-0.4, -0.2) is 38.0 Å². The molecule has 8 nitrogen and oxygen atoms in total. The predicted octanol–water partition coefficient (Wildman–Crippen LogP) is 3.31. The van der Waals surface area contributed by atoms with Gasteiger partial charge in [0, 0.05) is 5.56 Å². The van der Waals surface area contributed by atoms with Gasteiger partial charge in [0.1, 0.15) is 17.3 Å². The summed E-state index contributed by atoms with van der Waals surface area (Å²) >= 11 is 0. The zero-order valence-electron chi connectivity index (χ0n) is 17.4. The number of halogens is 1. The molecular formula is C23H21FN2O6. The number of carbonyl (C=O) groups excluding carboxylic acids is 3. The van der Waals surface area contributed by atoms with E-state index in [1.54, 1.807) is 12.1 Å². The van der Waals surface area contributed by atoms with Crippen LogP contribution in [0.4, 0.5) is 10.1 Å². The average molecular weight is 440 g/mol. The van der Waals surface area contributed by atoms with Crippen molar-refractivity contribution in [3.8, 4) is 17.1 Å². The van der Waals surface area contributed by atoms with Crippen LogP contribution in [0.3, 0.4) is 0 Å². The average Bonchev–Trinajstić information content (AvgIpc) is 3.27. The number of hydrogen-bond acceptors (Lipinski definition) is 6. The number of furan rings is 1. The zero-order valence-corrected chi connectivity index (χ0v) is 17.4. The summed E-state index contributed by atoms with van der Waals surface area (Å²) in [4.78, 5) is 36.1. The van der Waals surface area contributed by atoms with E-state index in [0.29, 0.717) is 22.8 Å². The molecule has 2 amide bonds. The van der Waals surface area contributed by atoms with Crippen LogP contribution in [0.25, 0.3) is 11.3 Å². The Balaban J connectivity index is 1.46. The second-order valence-corrected chi connectivity index (χ2v) is 6.78. The molecule has 1 aromatic heterocycles. The van der Waals surface area contributed by atoms with Crippen molar-refractivity contribution in [2.45, 2.75) is 6.92 Å². The third-order valence-electron chi connectivity index (χ3n) is 4.35. The van der Waals surface area contributed by atoms with Crippen molar-refractivity contribution in [2.75, 3.05) is 25.6 Å². The summed E-state index contributed by atoms with van der Waals surface area (Å²) in [7, 11) is 1.48. The SMILES string of the molecule is COc1ccc(C)cc1NC(=O)CNC(=O)COC(=O)c1ccc(-c2ccc(F)cc2)o1. The summed E-state index contributed by atoms with van der Waals surface area (Å²) < 4.78 is 28.5. The van der Waals surface area contributed by atoms with Crippen LogP contribution in [0.1, 0.15) is 16.1 Å². The Bertz CT molecular complexity index is 1120. The number of esters is 1. The molecule has 3 rings (SSSR count). The highest BCUT2D eigenvalue weighted by atomic mass is 19.1. The Morgan fingerprint density at radius 2 is 1.75 bits per heavy atom. The molecular weight excluding hydrogens is 419 g/mol. The highest BCUT2D eigenvalue weighted by molar-refractivity contribution is 5.96. The van der Waals surface area contributed by atoms with Crippen LogP contribution < -0.4 is 15.4 Å². The molecule has 1 heterocycles. The summed E-state index contributed by atoms with van der Waals surface area (Å²) in [5.74, 6) is -1.63. The number of hydrogen-bond donors (Lipinski definition) is 2. The van der Waals surface area contributed by atoms with Crippen LogP contribution in [-0.2, 0) is 14.3 Å². The maximum atomic E-state index is 13.0. The Kier molecular flexibility index (Phi) is 7.22. The fourth-order valence-corrected chi connectivity index (χ4v) is 2.76. The summed E-state index contributed by atoms with van der Waals surface area (Å²) in [6.45, 7) is 0.961. The topological polar surface area (TPSA) is 107 Å². The molecule has 3 aromatic rings. The predicted molar refractivity (Wildman–Crippen MR) is 114 cm³/mol. The molecule has 0 saturated carbocycles. The van der Waals surface area contributed by atoms with Gasteiger partial charge in [-0.3, -0.25) is 9.59 Å². The van der Waals surface area contributed by atoms with E-state index in [4.69, 9.17) is 13.9 Å². The van der Waals surface area contributed by atoms with Gasteiger partial charge >= 0.3 is 5.97 Å². The number of rotatable bonds is 8. The molecule has 9 heteroatoms. The number of amides is 2. The molecule has 0 radical (unpaired) electrons. The molecule has 0 spiro atoms.